The molecule has 0 bridgehead atoms. The molecule has 0 fully saturated rings. The van der Waals surface area contributed by atoms with Crippen LogP contribution in [-0.2, 0) is 22.4 Å². The minimum Gasteiger partial charge on any atom is -0.508 e. The van der Waals surface area contributed by atoms with Crippen LogP contribution in [0.5, 0.6) is 5.75 Å². The Balaban J connectivity index is 0.000000272. The van der Waals surface area contributed by atoms with E-state index in [1.807, 2.05) is 66.7 Å². The standard InChI is InChI=1S/C23H23NO2.C11H15NO/c25-21-15-13-20(14-16-21)22(19-11-5-2-6-12-19)23(26)24-17-7-10-18-8-3-1-4-9-18;1-10(13)12-9-5-8-11-6-3-2-4-7-11/h1-6,8-9,11-16,22,25H,7,10,17H2,(H,24,26);2-4,6-7H,5,8-9H2,1H3,(H,12,13). The maximum atomic E-state index is 12.9. The van der Waals surface area contributed by atoms with Gasteiger partial charge in [-0.1, -0.05) is 103 Å². The number of benzene rings is 4. The number of nitrogens with one attached hydrogen (secondary N) is 2. The van der Waals surface area contributed by atoms with Gasteiger partial charge in [-0.15, -0.1) is 0 Å². The smallest absolute Gasteiger partial charge is 0.232 e. The van der Waals surface area contributed by atoms with Crippen LogP contribution < -0.4 is 10.6 Å². The van der Waals surface area contributed by atoms with Gasteiger partial charge in [-0.2, -0.15) is 0 Å². The van der Waals surface area contributed by atoms with E-state index in [0.29, 0.717) is 6.54 Å². The predicted octanol–water partition coefficient (Wildman–Crippen LogP) is 6.03. The van der Waals surface area contributed by atoms with Crippen molar-refractivity contribution in [1.29, 1.82) is 0 Å². The van der Waals surface area contributed by atoms with Crippen LogP contribution in [0.25, 0.3) is 0 Å². The first-order valence-electron chi connectivity index (χ1n) is 13.5. The minimum atomic E-state index is -0.381. The van der Waals surface area contributed by atoms with Gasteiger partial charge in [0.15, 0.2) is 0 Å². The third kappa shape index (κ3) is 10.9. The highest BCUT2D eigenvalue weighted by Crippen LogP contribution is 2.26. The fraction of sp³-hybridized carbons (Fsp3) is 0.235. The number of carbonyl (C=O) groups excluding carboxylic acids is 2. The molecule has 0 saturated carbocycles. The molecular weight excluding hydrogens is 484 g/mol. The molecule has 4 aromatic rings. The summed E-state index contributed by atoms with van der Waals surface area (Å²) in [4.78, 5) is 23.4. The highest BCUT2D eigenvalue weighted by molar-refractivity contribution is 5.87. The number of phenolic OH excluding ortho intramolecular Hbond substituents is 1. The molecular formula is C34H38N2O3. The van der Waals surface area contributed by atoms with E-state index < -0.39 is 0 Å². The summed E-state index contributed by atoms with van der Waals surface area (Å²) >= 11 is 0. The van der Waals surface area contributed by atoms with E-state index in [1.54, 1.807) is 31.2 Å². The average molecular weight is 523 g/mol. The van der Waals surface area contributed by atoms with E-state index in [0.717, 1.165) is 43.4 Å². The number of rotatable bonds is 11. The van der Waals surface area contributed by atoms with Crippen molar-refractivity contribution in [1.82, 2.24) is 10.6 Å². The Morgan fingerprint density at radius 1 is 0.615 bits per heavy atom. The first kappa shape index (κ1) is 29.2. The quantitative estimate of drug-likeness (QED) is 0.211. The van der Waals surface area contributed by atoms with Crippen molar-refractivity contribution >= 4 is 11.8 Å². The van der Waals surface area contributed by atoms with Gasteiger partial charge in [0, 0.05) is 20.0 Å². The lowest BCUT2D eigenvalue weighted by Crippen LogP contribution is -2.31. The van der Waals surface area contributed by atoms with Crippen LogP contribution in [0, 0.1) is 0 Å². The second-order valence-electron chi connectivity index (χ2n) is 9.39. The second kappa shape index (κ2) is 16.5. The summed E-state index contributed by atoms with van der Waals surface area (Å²) in [6.07, 6.45) is 3.87. The summed E-state index contributed by atoms with van der Waals surface area (Å²) < 4.78 is 0. The Hall–Kier alpha value is -4.38. The zero-order valence-electron chi connectivity index (χ0n) is 22.6. The molecule has 39 heavy (non-hydrogen) atoms. The number of hydrogen-bond donors (Lipinski definition) is 3. The number of amides is 2. The zero-order valence-corrected chi connectivity index (χ0v) is 22.6. The molecule has 202 valence electrons. The Morgan fingerprint density at radius 2 is 1.05 bits per heavy atom. The molecule has 5 nitrogen and oxygen atoms in total. The molecule has 0 aromatic heterocycles. The molecule has 1 atom stereocenters. The lowest BCUT2D eigenvalue weighted by Gasteiger charge is -2.18. The summed E-state index contributed by atoms with van der Waals surface area (Å²) in [5, 5.41) is 15.4. The zero-order chi connectivity index (χ0) is 27.7. The summed E-state index contributed by atoms with van der Waals surface area (Å²) in [7, 11) is 0. The van der Waals surface area contributed by atoms with Crippen LogP contribution in [-0.4, -0.2) is 30.0 Å². The van der Waals surface area contributed by atoms with Crippen molar-refractivity contribution < 1.29 is 14.7 Å². The lowest BCUT2D eigenvalue weighted by molar-refractivity contribution is -0.121. The fourth-order valence-electron chi connectivity index (χ4n) is 4.26. The van der Waals surface area contributed by atoms with Gasteiger partial charge in [-0.25, -0.2) is 0 Å². The third-order valence-electron chi connectivity index (χ3n) is 6.26. The Morgan fingerprint density at radius 3 is 1.54 bits per heavy atom. The van der Waals surface area contributed by atoms with Gasteiger partial charge >= 0.3 is 0 Å². The van der Waals surface area contributed by atoms with Crippen molar-refractivity contribution in [3.63, 3.8) is 0 Å². The van der Waals surface area contributed by atoms with Crippen LogP contribution in [0.1, 0.15) is 47.9 Å². The predicted molar refractivity (Wildman–Crippen MR) is 158 cm³/mol. The number of phenols is 1. The van der Waals surface area contributed by atoms with E-state index in [4.69, 9.17) is 0 Å². The maximum Gasteiger partial charge on any atom is 0.232 e. The van der Waals surface area contributed by atoms with Gasteiger partial charge in [0.25, 0.3) is 0 Å². The van der Waals surface area contributed by atoms with E-state index in [2.05, 4.69) is 34.9 Å². The van der Waals surface area contributed by atoms with Crippen LogP contribution in [0.4, 0.5) is 0 Å². The van der Waals surface area contributed by atoms with Crippen LogP contribution in [0.3, 0.4) is 0 Å². The maximum absolute atomic E-state index is 12.9. The fourth-order valence-corrected chi connectivity index (χ4v) is 4.26. The van der Waals surface area contributed by atoms with E-state index in [9.17, 15) is 14.7 Å². The van der Waals surface area contributed by atoms with Crippen LogP contribution in [0.15, 0.2) is 115 Å². The van der Waals surface area contributed by atoms with Crippen molar-refractivity contribution in [2.24, 2.45) is 0 Å². The molecule has 0 saturated heterocycles. The molecule has 4 aromatic carbocycles. The van der Waals surface area contributed by atoms with E-state index >= 15 is 0 Å². The van der Waals surface area contributed by atoms with Gasteiger partial charge in [-0.3, -0.25) is 9.59 Å². The normalized spacial score (nSPS) is 11.0. The number of carbonyl (C=O) groups is 2. The van der Waals surface area contributed by atoms with Crippen molar-refractivity contribution in [2.45, 2.75) is 38.5 Å². The summed E-state index contributed by atoms with van der Waals surface area (Å²) in [5.41, 5.74) is 4.42. The Kier molecular flexibility index (Phi) is 12.3. The third-order valence-corrected chi connectivity index (χ3v) is 6.26. The van der Waals surface area contributed by atoms with Gasteiger partial charge < -0.3 is 15.7 Å². The SMILES string of the molecule is CC(=O)NCCCc1ccccc1.O=C(NCCCc1ccccc1)C(c1ccccc1)c1ccc(O)cc1. The molecule has 0 spiro atoms. The highest BCUT2D eigenvalue weighted by Gasteiger charge is 2.22. The summed E-state index contributed by atoms with van der Waals surface area (Å²) in [6, 6.07) is 37.1. The lowest BCUT2D eigenvalue weighted by atomic mass is 9.90. The van der Waals surface area contributed by atoms with Crippen molar-refractivity contribution in [2.75, 3.05) is 13.1 Å². The van der Waals surface area contributed by atoms with E-state index in [-0.39, 0.29) is 23.5 Å². The second-order valence-corrected chi connectivity index (χ2v) is 9.39. The number of aryl methyl sites for hydroxylation is 2. The van der Waals surface area contributed by atoms with Gasteiger partial charge in [0.05, 0.1) is 5.92 Å². The molecule has 2 amide bonds. The molecule has 0 aliphatic heterocycles. The average Bonchev–Trinajstić information content (AvgIpc) is 2.97. The topological polar surface area (TPSA) is 78.4 Å². The monoisotopic (exact) mass is 522 g/mol. The molecule has 1 unspecified atom stereocenters. The van der Waals surface area contributed by atoms with Gasteiger partial charge in [0.2, 0.25) is 11.8 Å². The highest BCUT2D eigenvalue weighted by atomic mass is 16.3. The van der Waals surface area contributed by atoms with Crippen molar-refractivity contribution in [3.05, 3.63) is 138 Å². The summed E-state index contributed by atoms with van der Waals surface area (Å²) in [6.45, 7) is 2.95. The molecule has 5 heteroatoms. The molecule has 0 radical (unpaired) electrons. The Bertz CT molecular complexity index is 1240. The molecule has 0 heterocycles. The van der Waals surface area contributed by atoms with E-state index in [1.165, 1.54) is 11.1 Å². The molecule has 0 aliphatic carbocycles. The van der Waals surface area contributed by atoms with Gasteiger partial charge in [-0.05, 0) is 60.1 Å². The van der Waals surface area contributed by atoms with Crippen LogP contribution in [0.2, 0.25) is 0 Å². The van der Waals surface area contributed by atoms with Crippen LogP contribution >= 0.6 is 0 Å². The first-order chi connectivity index (χ1) is 19.0. The number of aromatic hydroxyl groups is 1. The largest absolute Gasteiger partial charge is 0.508 e. The van der Waals surface area contributed by atoms with Gasteiger partial charge in [0.1, 0.15) is 5.75 Å². The minimum absolute atomic E-state index is 0.0186. The number of hydrogen-bond acceptors (Lipinski definition) is 3. The molecule has 0 aliphatic rings. The van der Waals surface area contributed by atoms with Crippen molar-refractivity contribution in [3.8, 4) is 5.75 Å². The Labute approximate surface area is 231 Å². The summed E-state index contributed by atoms with van der Waals surface area (Å²) in [5.74, 6) is -0.152. The molecule has 3 N–H and O–H groups in total. The first-order valence-corrected chi connectivity index (χ1v) is 13.5. The molecule has 4 rings (SSSR count).